The summed E-state index contributed by atoms with van der Waals surface area (Å²) in [5.74, 6) is -0.222. The van der Waals surface area contributed by atoms with Crippen LogP contribution in [0.2, 0.25) is 0 Å². The van der Waals surface area contributed by atoms with Crippen LogP contribution in [-0.4, -0.2) is 22.5 Å². The van der Waals surface area contributed by atoms with Gasteiger partial charge in [-0.2, -0.15) is 0 Å². The Kier molecular flexibility index (Phi) is 3.45. The minimum atomic E-state index is -0.450. The molecule has 0 aliphatic heterocycles. The van der Waals surface area contributed by atoms with Crippen LogP contribution in [-0.2, 0) is 4.79 Å². The van der Waals surface area contributed by atoms with Crippen molar-refractivity contribution in [3.8, 4) is 5.75 Å². The molecule has 0 saturated heterocycles. The van der Waals surface area contributed by atoms with Gasteiger partial charge < -0.3 is 9.72 Å². The summed E-state index contributed by atoms with van der Waals surface area (Å²) in [7, 11) is 0. The highest BCUT2D eigenvalue weighted by Gasteiger charge is 2.10. The summed E-state index contributed by atoms with van der Waals surface area (Å²) >= 11 is 0. The van der Waals surface area contributed by atoms with Crippen molar-refractivity contribution in [2.45, 2.75) is 20.3 Å². The zero-order valence-corrected chi connectivity index (χ0v) is 10.2. The van der Waals surface area contributed by atoms with Crippen molar-refractivity contribution in [2.24, 2.45) is 0 Å². The molecule has 0 aliphatic rings. The van der Waals surface area contributed by atoms with Crippen molar-refractivity contribution >= 4 is 22.9 Å². The standard InChI is InChI=1S/C12H14FN3O2/c1-3-4-18-11-6-10-9(5-8(11)13)15-12(16-10)14-7(2)17/h5-6H,3-4H2,1-2H3,(H2,14,15,16,17). The van der Waals surface area contributed by atoms with Crippen LogP contribution in [0.5, 0.6) is 5.75 Å². The van der Waals surface area contributed by atoms with Gasteiger partial charge in [-0.05, 0) is 6.42 Å². The summed E-state index contributed by atoms with van der Waals surface area (Å²) < 4.78 is 18.9. The number of carbonyl (C=O) groups excluding carboxylic acids is 1. The van der Waals surface area contributed by atoms with Gasteiger partial charge in [-0.1, -0.05) is 6.92 Å². The van der Waals surface area contributed by atoms with Gasteiger partial charge in [0.15, 0.2) is 11.6 Å². The third-order valence-electron chi connectivity index (χ3n) is 2.29. The number of aromatic amines is 1. The summed E-state index contributed by atoms with van der Waals surface area (Å²) in [6.45, 7) is 3.77. The molecule has 1 amide bonds. The highest BCUT2D eigenvalue weighted by molar-refractivity contribution is 5.89. The van der Waals surface area contributed by atoms with Gasteiger partial charge in [0, 0.05) is 19.1 Å². The molecule has 2 rings (SSSR count). The molecule has 2 N–H and O–H groups in total. The summed E-state index contributed by atoms with van der Waals surface area (Å²) in [4.78, 5) is 17.8. The van der Waals surface area contributed by atoms with Crippen molar-refractivity contribution in [1.82, 2.24) is 9.97 Å². The lowest BCUT2D eigenvalue weighted by Gasteiger charge is -2.04. The Morgan fingerprint density at radius 2 is 2.33 bits per heavy atom. The summed E-state index contributed by atoms with van der Waals surface area (Å²) in [5.41, 5.74) is 1.06. The van der Waals surface area contributed by atoms with Gasteiger partial charge in [-0.25, -0.2) is 9.37 Å². The smallest absolute Gasteiger partial charge is 0.223 e. The maximum Gasteiger partial charge on any atom is 0.223 e. The third kappa shape index (κ3) is 2.58. The molecule has 6 heteroatoms. The van der Waals surface area contributed by atoms with Crippen LogP contribution in [0.15, 0.2) is 12.1 Å². The van der Waals surface area contributed by atoms with Gasteiger partial charge in [-0.3, -0.25) is 10.1 Å². The molecule has 0 atom stereocenters. The number of carbonyl (C=O) groups is 1. The number of amides is 1. The van der Waals surface area contributed by atoms with Gasteiger partial charge in [0.1, 0.15) is 0 Å². The maximum atomic E-state index is 13.7. The predicted octanol–water partition coefficient (Wildman–Crippen LogP) is 2.45. The highest BCUT2D eigenvalue weighted by atomic mass is 19.1. The second kappa shape index (κ2) is 5.03. The van der Waals surface area contributed by atoms with Gasteiger partial charge >= 0.3 is 0 Å². The number of imidazole rings is 1. The van der Waals surface area contributed by atoms with E-state index < -0.39 is 5.82 Å². The number of nitrogens with zero attached hydrogens (tertiary/aromatic N) is 1. The Balaban J connectivity index is 2.34. The molecular weight excluding hydrogens is 237 g/mol. The van der Waals surface area contributed by atoms with Crippen molar-refractivity contribution in [2.75, 3.05) is 11.9 Å². The molecule has 0 aliphatic carbocycles. The lowest BCUT2D eigenvalue weighted by Crippen LogP contribution is -2.06. The van der Waals surface area contributed by atoms with Crippen LogP contribution in [0.3, 0.4) is 0 Å². The van der Waals surface area contributed by atoms with E-state index in [4.69, 9.17) is 4.74 Å². The Hall–Kier alpha value is -2.11. The molecule has 0 radical (unpaired) electrons. The minimum absolute atomic E-state index is 0.172. The zero-order valence-electron chi connectivity index (χ0n) is 10.2. The first-order valence-corrected chi connectivity index (χ1v) is 5.69. The van der Waals surface area contributed by atoms with Gasteiger partial charge in [0.2, 0.25) is 11.9 Å². The number of H-pyrrole nitrogens is 1. The molecule has 96 valence electrons. The lowest BCUT2D eigenvalue weighted by molar-refractivity contribution is -0.114. The van der Waals surface area contributed by atoms with Gasteiger partial charge in [0.05, 0.1) is 17.6 Å². The monoisotopic (exact) mass is 251 g/mol. The second-order valence-electron chi connectivity index (χ2n) is 3.91. The fourth-order valence-electron chi connectivity index (χ4n) is 1.56. The molecule has 0 fully saturated rings. The average molecular weight is 251 g/mol. The second-order valence-corrected chi connectivity index (χ2v) is 3.91. The Morgan fingerprint density at radius 3 is 3.00 bits per heavy atom. The van der Waals surface area contributed by atoms with Crippen LogP contribution >= 0.6 is 0 Å². The van der Waals surface area contributed by atoms with E-state index in [1.807, 2.05) is 6.92 Å². The highest BCUT2D eigenvalue weighted by Crippen LogP contribution is 2.24. The maximum absolute atomic E-state index is 13.7. The third-order valence-corrected chi connectivity index (χ3v) is 2.29. The van der Waals surface area contributed by atoms with E-state index in [9.17, 15) is 9.18 Å². The van der Waals surface area contributed by atoms with Crippen LogP contribution in [0.1, 0.15) is 20.3 Å². The van der Waals surface area contributed by atoms with Crippen LogP contribution in [0, 0.1) is 5.82 Å². The number of benzene rings is 1. The number of hydrogen-bond donors (Lipinski definition) is 2. The summed E-state index contributed by atoms with van der Waals surface area (Å²) in [5, 5.41) is 2.51. The Bertz CT molecular complexity index is 580. The average Bonchev–Trinajstić information content (AvgIpc) is 2.66. The molecule has 0 spiro atoms. The van der Waals surface area contributed by atoms with Crippen molar-refractivity contribution < 1.29 is 13.9 Å². The van der Waals surface area contributed by atoms with Crippen LogP contribution in [0.4, 0.5) is 10.3 Å². The molecule has 2 aromatic rings. The normalized spacial score (nSPS) is 10.6. The molecule has 18 heavy (non-hydrogen) atoms. The number of anilines is 1. The molecule has 0 saturated carbocycles. The molecule has 1 aromatic heterocycles. The van der Waals surface area contributed by atoms with E-state index in [0.29, 0.717) is 23.6 Å². The number of aromatic nitrogens is 2. The summed E-state index contributed by atoms with van der Waals surface area (Å²) in [6.07, 6.45) is 0.801. The SMILES string of the molecule is CCCOc1cc2nc(NC(C)=O)[nH]c2cc1F. The minimum Gasteiger partial charge on any atom is -0.490 e. The van der Waals surface area contributed by atoms with Gasteiger partial charge in [0.25, 0.3) is 0 Å². The quantitative estimate of drug-likeness (QED) is 0.877. The fourth-order valence-corrected chi connectivity index (χ4v) is 1.56. The molecule has 0 unspecified atom stereocenters. The zero-order chi connectivity index (χ0) is 13.1. The van der Waals surface area contributed by atoms with E-state index in [-0.39, 0.29) is 11.7 Å². The molecule has 5 nitrogen and oxygen atoms in total. The van der Waals surface area contributed by atoms with Gasteiger partial charge in [-0.15, -0.1) is 0 Å². The summed E-state index contributed by atoms with van der Waals surface area (Å²) in [6, 6.07) is 2.82. The van der Waals surface area contributed by atoms with E-state index in [1.54, 1.807) is 0 Å². The Labute approximate surface area is 103 Å². The van der Waals surface area contributed by atoms with E-state index in [2.05, 4.69) is 15.3 Å². The van der Waals surface area contributed by atoms with Crippen molar-refractivity contribution in [3.05, 3.63) is 17.9 Å². The van der Waals surface area contributed by atoms with E-state index in [1.165, 1.54) is 19.1 Å². The number of nitrogens with one attached hydrogen (secondary N) is 2. The molecule has 0 bridgehead atoms. The van der Waals surface area contributed by atoms with Crippen molar-refractivity contribution in [3.63, 3.8) is 0 Å². The van der Waals surface area contributed by atoms with E-state index in [0.717, 1.165) is 6.42 Å². The van der Waals surface area contributed by atoms with E-state index >= 15 is 0 Å². The number of halogens is 1. The molecular formula is C12H14FN3O2. The first-order valence-electron chi connectivity index (χ1n) is 5.69. The largest absolute Gasteiger partial charge is 0.490 e. The number of rotatable bonds is 4. The Morgan fingerprint density at radius 1 is 1.56 bits per heavy atom. The predicted molar refractivity (Wildman–Crippen MR) is 66.1 cm³/mol. The van der Waals surface area contributed by atoms with Crippen LogP contribution in [0.25, 0.3) is 11.0 Å². The fraction of sp³-hybridized carbons (Fsp3) is 0.333. The molecule has 1 aromatic carbocycles. The topological polar surface area (TPSA) is 67.0 Å². The first kappa shape index (κ1) is 12.3. The number of fused-ring (bicyclic) bond motifs is 1. The van der Waals surface area contributed by atoms with Crippen LogP contribution < -0.4 is 10.1 Å². The number of hydrogen-bond acceptors (Lipinski definition) is 3. The lowest BCUT2D eigenvalue weighted by atomic mass is 10.3. The number of ether oxygens (including phenoxy) is 1. The first-order chi connectivity index (χ1) is 8.60. The molecule has 1 heterocycles. The van der Waals surface area contributed by atoms with Crippen molar-refractivity contribution in [1.29, 1.82) is 0 Å².